The van der Waals surface area contributed by atoms with Crippen molar-refractivity contribution in [3.05, 3.63) is 52.0 Å². The molecule has 0 radical (unpaired) electrons. The summed E-state index contributed by atoms with van der Waals surface area (Å²) in [5, 5.41) is 3.49. The Balaban J connectivity index is 2.33. The summed E-state index contributed by atoms with van der Waals surface area (Å²) in [5.41, 5.74) is 11.3. The van der Waals surface area contributed by atoms with E-state index in [0.717, 1.165) is 39.9 Å². The summed E-state index contributed by atoms with van der Waals surface area (Å²) in [6, 6.07) is 12.4. The number of hydrogen-bond acceptors (Lipinski definition) is 2. The maximum Gasteiger partial charge on any atom is 0.0532 e. The monoisotopic (exact) mass is 318 g/mol. The SMILES string of the molecule is CCCc1ccccc1Nc1cc(C)c(N)cc1Br. The second kappa shape index (κ2) is 6.11. The molecule has 0 bridgehead atoms. The van der Waals surface area contributed by atoms with Crippen LogP contribution in [0.2, 0.25) is 0 Å². The first-order valence-corrected chi connectivity index (χ1v) is 7.31. The lowest BCUT2D eigenvalue weighted by molar-refractivity contribution is 0.923. The second-order valence-corrected chi connectivity index (χ2v) is 5.58. The summed E-state index contributed by atoms with van der Waals surface area (Å²) >= 11 is 3.56. The van der Waals surface area contributed by atoms with Gasteiger partial charge in [0, 0.05) is 15.8 Å². The van der Waals surface area contributed by atoms with Crippen LogP contribution in [0.3, 0.4) is 0 Å². The van der Waals surface area contributed by atoms with E-state index in [1.807, 2.05) is 13.0 Å². The Morgan fingerprint density at radius 3 is 2.63 bits per heavy atom. The van der Waals surface area contributed by atoms with Crippen LogP contribution in [-0.2, 0) is 6.42 Å². The van der Waals surface area contributed by atoms with E-state index >= 15 is 0 Å². The molecular formula is C16H19BrN2. The fourth-order valence-corrected chi connectivity index (χ4v) is 2.53. The molecule has 0 aliphatic rings. The molecule has 0 atom stereocenters. The Labute approximate surface area is 123 Å². The minimum Gasteiger partial charge on any atom is -0.398 e. The van der Waals surface area contributed by atoms with Crippen molar-refractivity contribution in [2.24, 2.45) is 0 Å². The molecule has 100 valence electrons. The summed E-state index contributed by atoms with van der Waals surface area (Å²) in [6.07, 6.45) is 2.22. The number of para-hydroxylation sites is 1. The number of hydrogen-bond donors (Lipinski definition) is 2. The van der Waals surface area contributed by atoms with Crippen LogP contribution in [0.25, 0.3) is 0 Å². The normalized spacial score (nSPS) is 10.5. The summed E-state index contributed by atoms with van der Waals surface area (Å²) in [6.45, 7) is 4.21. The van der Waals surface area contributed by atoms with Crippen molar-refractivity contribution in [1.82, 2.24) is 0 Å². The van der Waals surface area contributed by atoms with Crippen molar-refractivity contribution < 1.29 is 0 Å². The van der Waals surface area contributed by atoms with Crippen molar-refractivity contribution in [2.75, 3.05) is 11.1 Å². The Bertz CT molecular complexity index is 579. The molecule has 0 amide bonds. The first kappa shape index (κ1) is 13.9. The minimum atomic E-state index is 0.805. The van der Waals surface area contributed by atoms with Gasteiger partial charge in [0.1, 0.15) is 0 Å². The maximum absolute atomic E-state index is 5.90. The molecule has 0 aromatic heterocycles. The molecule has 0 aliphatic heterocycles. The fourth-order valence-electron chi connectivity index (χ4n) is 2.07. The van der Waals surface area contributed by atoms with Gasteiger partial charge in [-0.1, -0.05) is 31.5 Å². The molecule has 0 saturated heterocycles. The fraction of sp³-hybridized carbons (Fsp3) is 0.250. The molecule has 0 spiro atoms. The number of aryl methyl sites for hydroxylation is 2. The third-order valence-electron chi connectivity index (χ3n) is 3.16. The average molecular weight is 319 g/mol. The zero-order valence-electron chi connectivity index (χ0n) is 11.3. The Hall–Kier alpha value is -1.48. The number of anilines is 3. The second-order valence-electron chi connectivity index (χ2n) is 4.72. The van der Waals surface area contributed by atoms with Gasteiger partial charge >= 0.3 is 0 Å². The van der Waals surface area contributed by atoms with Crippen LogP contribution in [0.5, 0.6) is 0 Å². The highest BCUT2D eigenvalue weighted by Gasteiger charge is 2.06. The highest BCUT2D eigenvalue weighted by atomic mass is 79.9. The molecule has 0 saturated carbocycles. The van der Waals surface area contributed by atoms with Crippen LogP contribution < -0.4 is 11.1 Å². The molecule has 0 aliphatic carbocycles. The van der Waals surface area contributed by atoms with E-state index in [0.29, 0.717) is 0 Å². The number of halogens is 1. The molecule has 3 heteroatoms. The minimum absolute atomic E-state index is 0.805. The van der Waals surface area contributed by atoms with Gasteiger partial charge in [0.25, 0.3) is 0 Å². The van der Waals surface area contributed by atoms with Crippen LogP contribution in [0.15, 0.2) is 40.9 Å². The van der Waals surface area contributed by atoms with Gasteiger partial charge in [-0.25, -0.2) is 0 Å². The zero-order valence-corrected chi connectivity index (χ0v) is 12.9. The lowest BCUT2D eigenvalue weighted by atomic mass is 10.1. The van der Waals surface area contributed by atoms with E-state index in [9.17, 15) is 0 Å². The lowest BCUT2D eigenvalue weighted by Crippen LogP contribution is -1.98. The molecule has 0 heterocycles. The number of nitrogens with two attached hydrogens (primary N) is 1. The van der Waals surface area contributed by atoms with Gasteiger partial charge in [0.05, 0.1) is 5.69 Å². The van der Waals surface area contributed by atoms with Crippen LogP contribution in [0.1, 0.15) is 24.5 Å². The summed E-state index contributed by atoms with van der Waals surface area (Å²) in [5.74, 6) is 0. The molecule has 2 aromatic rings. The summed E-state index contributed by atoms with van der Waals surface area (Å²) < 4.78 is 0.988. The molecule has 2 aromatic carbocycles. The third kappa shape index (κ3) is 3.29. The Kier molecular flexibility index (Phi) is 4.48. The third-order valence-corrected chi connectivity index (χ3v) is 3.82. The van der Waals surface area contributed by atoms with Gasteiger partial charge in [-0.3, -0.25) is 0 Å². The Morgan fingerprint density at radius 1 is 1.16 bits per heavy atom. The zero-order chi connectivity index (χ0) is 13.8. The molecule has 2 rings (SSSR count). The number of nitrogen functional groups attached to an aromatic ring is 1. The van der Waals surface area contributed by atoms with Gasteiger partial charge in [-0.2, -0.15) is 0 Å². The van der Waals surface area contributed by atoms with E-state index in [1.165, 1.54) is 5.56 Å². The van der Waals surface area contributed by atoms with E-state index in [1.54, 1.807) is 0 Å². The van der Waals surface area contributed by atoms with E-state index in [-0.39, 0.29) is 0 Å². The van der Waals surface area contributed by atoms with Crippen molar-refractivity contribution in [3.8, 4) is 0 Å². The highest BCUT2D eigenvalue weighted by Crippen LogP contribution is 2.31. The predicted molar refractivity (Wildman–Crippen MR) is 87.0 cm³/mol. The van der Waals surface area contributed by atoms with E-state index in [4.69, 9.17) is 5.73 Å². The molecular weight excluding hydrogens is 300 g/mol. The van der Waals surface area contributed by atoms with Crippen LogP contribution >= 0.6 is 15.9 Å². The molecule has 19 heavy (non-hydrogen) atoms. The maximum atomic E-state index is 5.90. The van der Waals surface area contributed by atoms with Crippen molar-refractivity contribution >= 4 is 33.0 Å². The van der Waals surface area contributed by atoms with Gasteiger partial charge < -0.3 is 11.1 Å². The quantitative estimate of drug-likeness (QED) is 0.775. The molecule has 0 fully saturated rings. The first-order valence-electron chi connectivity index (χ1n) is 6.52. The lowest BCUT2D eigenvalue weighted by Gasteiger charge is -2.14. The number of rotatable bonds is 4. The summed E-state index contributed by atoms with van der Waals surface area (Å²) in [4.78, 5) is 0. The van der Waals surface area contributed by atoms with Gasteiger partial charge in [0.15, 0.2) is 0 Å². The first-order chi connectivity index (χ1) is 9.11. The molecule has 3 N–H and O–H groups in total. The van der Waals surface area contributed by atoms with Crippen LogP contribution in [-0.4, -0.2) is 0 Å². The van der Waals surface area contributed by atoms with Crippen molar-refractivity contribution in [2.45, 2.75) is 26.7 Å². The summed E-state index contributed by atoms with van der Waals surface area (Å²) in [7, 11) is 0. The standard InChI is InChI=1S/C16H19BrN2/c1-3-6-12-7-4-5-8-15(12)19-16-9-11(2)14(18)10-13(16)17/h4-5,7-10,19H,3,6,18H2,1-2H3. The van der Waals surface area contributed by atoms with Crippen LogP contribution in [0.4, 0.5) is 17.1 Å². The highest BCUT2D eigenvalue weighted by molar-refractivity contribution is 9.10. The Morgan fingerprint density at radius 2 is 1.89 bits per heavy atom. The molecule has 2 nitrogen and oxygen atoms in total. The van der Waals surface area contributed by atoms with Crippen molar-refractivity contribution in [3.63, 3.8) is 0 Å². The topological polar surface area (TPSA) is 38.0 Å². The van der Waals surface area contributed by atoms with Crippen LogP contribution in [0, 0.1) is 6.92 Å². The molecule has 0 unspecified atom stereocenters. The average Bonchev–Trinajstić information content (AvgIpc) is 2.38. The van der Waals surface area contributed by atoms with Gasteiger partial charge in [0.2, 0.25) is 0 Å². The van der Waals surface area contributed by atoms with Gasteiger partial charge in [-0.15, -0.1) is 0 Å². The number of nitrogens with one attached hydrogen (secondary N) is 1. The predicted octanol–water partition coefficient (Wildman–Crippen LogP) is 5.04. The largest absolute Gasteiger partial charge is 0.398 e. The van der Waals surface area contributed by atoms with E-state index in [2.05, 4.69) is 58.5 Å². The van der Waals surface area contributed by atoms with Crippen molar-refractivity contribution in [1.29, 1.82) is 0 Å². The number of benzene rings is 2. The van der Waals surface area contributed by atoms with E-state index < -0.39 is 0 Å². The van der Waals surface area contributed by atoms with Gasteiger partial charge in [-0.05, 0) is 58.6 Å². The smallest absolute Gasteiger partial charge is 0.0532 e.